The van der Waals surface area contributed by atoms with Crippen LogP contribution in [0.3, 0.4) is 0 Å². The van der Waals surface area contributed by atoms with E-state index in [-0.39, 0.29) is 11.0 Å². The first-order valence-corrected chi connectivity index (χ1v) is 11.0. The monoisotopic (exact) mass is 437 g/mol. The van der Waals surface area contributed by atoms with Gasteiger partial charge in [0.2, 0.25) is 0 Å². The Bertz CT molecular complexity index is 987. The van der Waals surface area contributed by atoms with E-state index in [4.69, 9.17) is 14.4 Å². The number of rotatable bonds is 4. The summed E-state index contributed by atoms with van der Waals surface area (Å²) in [5, 5.41) is 8.84. The zero-order chi connectivity index (χ0) is 22.8. The lowest BCUT2D eigenvalue weighted by Crippen LogP contribution is -2.45. The highest BCUT2D eigenvalue weighted by Gasteiger charge is 2.43. The molecule has 0 unspecified atom stereocenters. The number of methoxy groups -OCH3 is 1. The van der Waals surface area contributed by atoms with Gasteiger partial charge in [0.1, 0.15) is 11.4 Å². The average molecular weight is 438 g/mol. The molecule has 170 valence electrons. The van der Waals surface area contributed by atoms with Gasteiger partial charge in [-0.05, 0) is 35.2 Å². The lowest BCUT2D eigenvalue weighted by atomic mass is 9.86. The Hall–Kier alpha value is -3.06. The number of oxime groups is 1. The maximum Gasteiger partial charge on any atom is 0.430 e. The van der Waals surface area contributed by atoms with Gasteiger partial charge >= 0.3 is 6.09 Å². The fraction of sp³-hybridized carbons (Fsp3) is 0.440. The molecular formula is C25H31N3O4. The molecule has 0 aromatic heterocycles. The van der Waals surface area contributed by atoms with E-state index in [0.29, 0.717) is 18.8 Å². The molecule has 2 aliphatic rings. The standard InChI is InChI=1S/C25H31N3O4/c1-24(2,3)19-8-10-20(11-9-19)26-23(29)31-28-14-12-25(13-15-28)17-22(27-32-25)18-6-5-7-21(16-18)30-4/h5-11,16H,12-15,17H2,1-4H3,(H,26,29). The van der Waals surface area contributed by atoms with Gasteiger partial charge in [-0.3, -0.25) is 5.32 Å². The fourth-order valence-electron chi connectivity index (χ4n) is 4.04. The van der Waals surface area contributed by atoms with Gasteiger partial charge in [0, 0.05) is 43.6 Å². The van der Waals surface area contributed by atoms with E-state index in [1.807, 2.05) is 48.5 Å². The van der Waals surface area contributed by atoms with Gasteiger partial charge in [-0.1, -0.05) is 50.2 Å². The highest BCUT2D eigenvalue weighted by Crippen LogP contribution is 2.36. The van der Waals surface area contributed by atoms with Crippen LogP contribution in [0.15, 0.2) is 53.7 Å². The smallest absolute Gasteiger partial charge is 0.430 e. The van der Waals surface area contributed by atoms with E-state index >= 15 is 0 Å². The topological polar surface area (TPSA) is 72.4 Å². The van der Waals surface area contributed by atoms with E-state index in [1.54, 1.807) is 12.2 Å². The summed E-state index contributed by atoms with van der Waals surface area (Å²) in [6.07, 6.45) is 1.72. The molecule has 7 nitrogen and oxygen atoms in total. The number of ether oxygens (including phenoxy) is 1. The molecule has 0 atom stereocenters. The van der Waals surface area contributed by atoms with E-state index in [2.05, 4.69) is 31.2 Å². The normalized spacial score (nSPS) is 18.1. The minimum absolute atomic E-state index is 0.0707. The van der Waals surface area contributed by atoms with Gasteiger partial charge in [-0.25, -0.2) is 4.79 Å². The van der Waals surface area contributed by atoms with Crippen molar-refractivity contribution < 1.29 is 19.2 Å². The highest BCUT2D eigenvalue weighted by molar-refractivity contribution is 6.02. The summed E-state index contributed by atoms with van der Waals surface area (Å²) in [4.78, 5) is 23.7. The number of nitrogens with one attached hydrogen (secondary N) is 1. The highest BCUT2D eigenvalue weighted by atomic mass is 16.7. The molecule has 4 rings (SSSR count). The van der Waals surface area contributed by atoms with Crippen LogP contribution >= 0.6 is 0 Å². The molecule has 0 aliphatic carbocycles. The Morgan fingerprint density at radius 3 is 2.50 bits per heavy atom. The third-order valence-electron chi connectivity index (χ3n) is 6.09. The summed E-state index contributed by atoms with van der Waals surface area (Å²) in [6, 6.07) is 15.7. The van der Waals surface area contributed by atoms with E-state index < -0.39 is 6.09 Å². The third-order valence-corrected chi connectivity index (χ3v) is 6.09. The quantitative estimate of drug-likeness (QED) is 0.719. The van der Waals surface area contributed by atoms with Crippen LogP contribution in [-0.4, -0.2) is 42.7 Å². The molecule has 1 saturated heterocycles. The van der Waals surface area contributed by atoms with Crippen molar-refractivity contribution >= 4 is 17.5 Å². The summed E-state index contributed by atoms with van der Waals surface area (Å²) in [5.41, 5.74) is 3.60. The van der Waals surface area contributed by atoms with Crippen molar-refractivity contribution in [1.29, 1.82) is 0 Å². The maximum atomic E-state index is 12.3. The maximum absolute atomic E-state index is 12.3. The third kappa shape index (κ3) is 5.05. The van der Waals surface area contributed by atoms with Crippen LogP contribution in [-0.2, 0) is 15.1 Å². The number of anilines is 1. The van der Waals surface area contributed by atoms with Crippen LogP contribution < -0.4 is 10.1 Å². The van der Waals surface area contributed by atoms with Crippen molar-refractivity contribution in [2.24, 2.45) is 5.16 Å². The molecule has 1 amide bonds. The van der Waals surface area contributed by atoms with Gasteiger partial charge in [-0.15, -0.1) is 5.06 Å². The fourth-order valence-corrected chi connectivity index (χ4v) is 4.04. The first kappa shape index (κ1) is 22.1. The lowest BCUT2D eigenvalue weighted by molar-refractivity contribution is -0.154. The Morgan fingerprint density at radius 2 is 1.84 bits per heavy atom. The van der Waals surface area contributed by atoms with E-state index in [9.17, 15) is 4.79 Å². The van der Waals surface area contributed by atoms with Crippen molar-refractivity contribution in [2.45, 2.75) is 51.0 Å². The van der Waals surface area contributed by atoms with Gasteiger partial charge in [0.05, 0.1) is 12.8 Å². The molecule has 0 bridgehead atoms. The van der Waals surface area contributed by atoms with Crippen molar-refractivity contribution in [3.8, 4) is 5.75 Å². The molecule has 2 aromatic rings. The largest absolute Gasteiger partial charge is 0.497 e. The molecule has 32 heavy (non-hydrogen) atoms. The summed E-state index contributed by atoms with van der Waals surface area (Å²) >= 11 is 0. The number of carbonyl (C=O) groups excluding carboxylic acids is 1. The number of nitrogens with zero attached hydrogens (tertiary/aromatic N) is 2. The predicted molar refractivity (Wildman–Crippen MR) is 124 cm³/mol. The number of amides is 1. The second-order valence-electron chi connectivity index (χ2n) is 9.48. The molecule has 2 aromatic carbocycles. The van der Waals surface area contributed by atoms with Crippen molar-refractivity contribution in [1.82, 2.24) is 5.06 Å². The average Bonchev–Trinajstić information content (AvgIpc) is 3.19. The van der Waals surface area contributed by atoms with Gasteiger partial charge in [0.15, 0.2) is 0 Å². The van der Waals surface area contributed by atoms with Crippen LogP contribution in [0.5, 0.6) is 5.75 Å². The van der Waals surface area contributed by atoms with Crippen molar-refractivity contribution in [2.75, 3.05) is 25.5 Å². The zero-order valence-corrected chi connectivity index (χ0v) is 19.2. The first-order valence-electron chi connectivity index (χ1n) is 11.0. The zero-order valence-electron chi connectivity index (χ0n) is 19.2. The number of hydrogen-bond acceptors (Lipinski definition) is 6. The number of hydroxylamine groups is 2. The minimum Gasteiger partial charge on any atom is -0.497 e. The lowest BCUT2D eigenvalue weighted by Gasteiger charge is -2.35. The molecule has 2 heterocycles. The Kier molecular flexibility index (Phi) is 6.11. The summed E-state index contributed by atoms with van der Waals surface area (Å²) in [5.74, 6) is 0.799. The van der Waals surface area contributed by atoms with Crippen LogP contribution in [0.25, 0.3) is 0 Å². The van der Waals surface area contributed by atoms with E-state index in [0.717, 1.165) is 36.3 Å². The second kappa shape index (κ2) is 8.82. The molecule has 1 fully saturated rings. The van der Waals surface area contributed by atoms with Crippen molar-refractivity contribution in [3.05, 3.63) is 59.7 Å². The molecule has 0 saturated carbocycles. The molecule has 7 heteroatoms. The van der Waals surface area contributed by atoms with Crippen molar-refractivity contribution in [3.63, 3.8) is 0 Å². The molecule has 0 radical (unpaired) electrons. The number of carbonyl (C=O) groups is 1. The van der Waals surface area contributed by atoms with Crippen LogP contribution in [0.2, 0.25) is 0 Å². The number of piperidine rings is 1. The number of hydrogen-bond donors (Lipinski definition) is 1. The Morgan fingerprint density at radius 1 is 1.12 bits per heavy atom. The van der Waals surface area contributed by atoms with Crippen LogP contribution in [0, 0.1) is 0 Å². The van der Waals surface area contributed by atoms with Crippen LogP contribution in [0.1, 0.15) is 51.2 Å². The predicted octanol–water partition coefficient (Wildman–Crippen LogP) is 5.12. The first-order chi connectivity index (χ1) is 15.3. The van der Waals surface area contributed by atoms with Gasteiger partial charge < -0.3 is 14.4 Å². The molecule has 1 spiro atoms. The molecular weight excluding hydrogens is 406 g/mol. The van der Waals surface area contributed by atoms with Gasteiger partial charge in [-0.2, -0.15) is 0 Å². The van der Waals surface area contributed by atoms with Gasteiger partial charge in [0.25, 0.3) is 0 Å². The van der Waals surface area contributed by atoms with Crippen LogP contribution in [0.4, 0.5) is 10.5 Å². The number of benzene rings is 2. The Labute approximate surface area is 189 Å². The summed E-state index contributed by atoms with van der Waals surface area (Å²) in [6.45, 7) is 7.66. The van der Waals surface area contributed by atoms with E-state index in [1.165, 1.54) is 5.56 Å². The second-order valence-corrected chi connectivity index (χ2v) is 9.48. The Balaban J connectivity index is 1.26. The summed E-state index contributed by atoms with van der Waals surface area (Å²) < 4.78 is 5.31. The molecule has 2 aliphatic heterocycles. The SMILES string of the molecule is COc1cccc(C2=NOC3(CCN(OC(=O)Nc4ccc(C(C)(C)C)cc4)CC3)C2)c1. The molecule has 1 N–H and O–H groups in total. The minimum atomic E-state index is -0.481. The summed E-state index contributed by atoms with van der Waals surface area (Å²) in [7, 11) is 1.65.